The maximum atomic E-state index is 13.5. The number of hydrogen-bond acceptors (Lipinski definition) is 6. The molecule has 8 heteroatoms. The number of rotatable bonds is 5. The first kappa shape index (κ1) is 25.8. The molecule has 1 aliphatic rings. The normalized spacial score (nSPS) is 15.0. The molecule has 0 aliphatic carbocycles. The summed E-state index contributed by atoms with van der Waals surface area (Å²) in [6.45, 7) is 5.84. The summed E-state index contributed by atoms with van der Waals surface area (Å²) in [5, 5.41) is 10.4. The van der Waals surface area contributed by atoms with Crippen molar-refractivity contribution in [3.05, 3.63) is 83.0 Å². The molecule has 0 saturated carbocycles. The van der Waals surface area contributed by atoms with Gasteiger partial charge in [0.05, 0.1) is 39.9 Å². The molecule has 6 rings (SSSR count). The second-order valence-electron chi connectivity index (χ2n) is 11.2. The smallest absolute Gasteiger partial charge is 0.333 e. The van der Waals surface area contributed by atoms with Crippen LogP contribution in [0.15, 0.2) is 71.8 Å². The molecule has 5 aromatic rings. The summed E-state index contributed by atoms with van der Waals surface area (Å²) in [4.78, 5) is 25.0. The predicted octanol–water partition coefficient (Wildman–Crippen LogP) is 5.21. The van der Waals surface area contributed by atoms with E-state index in [0.29, 0.717) is 5.88 Å². The summed E-state index contributed by atoms with van der Waals surface area (Å²) in [5.74, 6) is 0.642. The fraction of sp³-hybridized carbons (Fsp3) is 0.312. The highest BCUT2D eigenvalue weighted by atomic mass is 16.5. The van der Waals surface area contributed by atoms with E-state index in [1.165, 1.54) is 0 Å². The van der Waals surface area contributed by atoms with E-state index >= 15 is 0 Å². The number of hydrogen-bond donors (Lipinski definition) is 0. The molecule has 3 aromatic heterocycles. The summed E-state index contributed by atoms with van der Waals surface area (Å²) >= 11 is 0. The minimum atomic E-state index is -0.616. The first-order valence-electron chi connectivity index (χ1n) is 13.6. The maximum absolute atomic E-state index is 13.5. The Morgan fingerprint density at radius 3 is 2.35 bits per heavy atom. The van der Waals surface area contributed by atoms with E-state index < -0.39 is 5.41 Å². The molecule has 40 heavy (non-hydrogen) atoms. The molecule has 4 heterocycles. The molecule has 0 amide bonds. The van der Waals surface area contributed by atoms with E-state index in [2.05, 4.69) is 34.1 Å². The van der Waals surface area contributed by atoms with E-state index in [4.69, 9.17) is 4.74 Å². The van der Waals surface area contributed by atoms with Gasteiger partial charge in [-0.3, -0.25) is 14.1 Å². The van der Waals surface area contributed by atoms with Crippen LogP contribution in [-0.2, 0) is 12.5 Å². The Morgan fingerprint density at radius 1 is 0.950 bits per heavy atom. The number of fused-ring (bicyclic) bond motifs is 3. The predicted molar refractivity (Wildman–Crippen MR) is 157 cm³/mol. The van der Waals surface area contributed by atoms with E-state index in [-0.39, 0.29) is 11.8 Å². The molecule has 0 radical (unpaired) electrons. The van der Waals surface area contributed by atoms with Crippen molar-refractivity contribution in [2.24, 2.45) is 7.05 Å². The van der Waals surface area contributed by atoms with Crippen LogP contribution < -0.4 is 10.4 Å². The molecular weight excluding hydrogens is 500 g/mol. The number of imidazole rings is 1. The first-order valence-corrected chi connectivity index (χ1v) is 13.6. The summed E-state index contributed by atoms with van der Waals surface area (Å²) < 4.78 is 9.48. The number of likely N-dealkylation sites (tertiary alicyclic amines) is 1. The SMILES string of the molecule is CN1CCC(Oc2ccc(-c3ccc4ncc5c(c4c3)n(-c3ccc(C(C)(C)C#N)cc3)c(=O)n5C)cn2)CC1. The van der Waals surface area contributed by atoms with Crippen LogP contribution in [0.1, 0.15) is 32.3 Å². The number of nitrogens with zero attached hydrogens (tertiary/aromatic N) is 6. The Labute approximate surface area is 233 Å². The van der Waals surface area contributed by atoms with Crippen molar-refractivity contribution in [2.45, 2.75) is 38.2 Å². The second-order valence-corrected chi connectivity index (χ2v) is 11.2. The highest BCUT2D eigenvalue weighted by Gasteiger charge is 2.22. The van der Waals surface area contributed by atoms with Crippen molar-refractivity contribution in [1.82, 2.24) is 24.0 Å². The lowest BCUT2D eigenvalue weighted by molar-refractivity contribution is 0.110. The van der Waals surface area contributed by atoms with Crippen LogP contribution in [-0.4, -0.2) is 50.2 Å². The summed E-state index contributed by atoms with van der Waals surface area (Å²) in [7, 11) is 3.90. The number of nitriles is 1. The Hall–Kier alpha value is -4.48. The number of aromatic nitrogens is 4. The van der Waals surface area contributed by atoms with Crippen LogP contribution in [0.4, 0.5) is 0 Å². The fourth-order valence-corrected chi connectivity index (χ4v) is 5.40. The zero-order valence-electron chi connectivity index (χ0n) is 23.3. The second kappa shape index (κ2) is 9.92. The number of aryl methyl sites for hydroxylation is 1. The fourth-order valence-electron chi connectivity index (χ4n) is 5.40. The van der Waals surface area contributed by atoms with Crippen LogP contribution in [0.5, 0.6) is 5.88 Å². The van der Waals surface area contributed by atoms with Gasteiger partial charge in [0.25, 0.3) is 0 Å². The number of benzene rings is 2. The molecule has 1 aliphatic heterocycles. The molecule has 0 bridgehead atoms. The zero-order chi connectivity index (χ0) is 28.0. The van der Waals surface area contributed by atoms with Gasteiger partial charge < -0.3 is 9.64 Å². The van der Waals surface area contributed by atoms with Gasteiger partial charge in [0.1, 0.15) is 6.10 Å². The Kier molecular flexibility index (Phi) is 6.40. The van der Waals surface area contributed by atoms with E-state index in [9.17, 15) is 10.1 Å². The van der Waals surface area contributed by atoms with Crippen molar-refractivity contribution < 1.29 is 4.74 Å². The van der Waals surface area contributed by atoms with Crippen LogP contribution >= 0.6 is 0 Å². The van der Waals surface area contributed by atoms with E-state index in [1.54, 1.807) is 22.4 Å². The van der Waals surface area contributed by atoms with Gasteiger partial charge in [-0.25, -0.2) is 9.78 Å². The van der Waals surface area contributed by atoms with E-state index in [1.807, 2.05) is 68.6 Å². The van der Waals surface area contributed by atoms with Gasteiger partial charge in [0.15, 0.2) is 0 Å². The molecule has 1 fully saturated rings. The van der Waals surface area contributed by atoms with Crippen LogP contribution in [0.3, 0.4) is 0 Å². The van der Waals surface area contributed by atoms with Crippen LogP contribution in [0, 0.1) is 11.3 Å². The third-order valence-electron chi connectivity index (χ3n) is 8.03. The quantitative estimate of drug-likeness (QED) is 0.309. The summed E-state index contributed by atoms with van der Waals surface area (Å²) in [6.07, 6.45) is 5.80. The van der Waals surface area contributed by atoms with Crippen molar-refractivity contribution in [2.75, 3.05) is 20.1 Å². The maximum Gasteiger partial charge on any atom is 0.333 e. The Balaban J connectivity index is 1.40. The third kappa shape index (κ3) is 4.52. The van der Waals surface area contributed by atoms with E-state index in [0.717, 1.165) is 70.2 Å². The van der Waals surface area contributed by atoms with Crippen LogP contribution in [0.2, 0.25) is 0 Å². The standard InChI is InChI=1S/C32H32N6O2/c1-32(2,20-33)23-7-9-24(10-8-23)38-30-26-17-21(5-11-27(26)34-19-28(30)37(4)31(38)39)22-6-12-29(35-18-22)40-25-13-15-36(3)16-14-25/h5-12,17-19,25H,13-16H2,1-4H3. The molecule has 2 aromatic carbocycles. The van der Waals surface area contributed by atoms with Gasteiger partial charge in [0, 0.05) is 43.4 Å². The van der Waals surface area contributed by atoms with Gasteiger partial charge in [0.2, 0.25) is 5.88 Å². The Bertz CT molecular complexity index is 1800. The van der Waals surface area contributed by atoms with Crippen molar-refractivity contribution in [1.29, 1.82) is 5.26 Å². The first-order chi connectivity index (χ1) is 19.2. The zero-order valence-corrected chi connectivity index (χ0v) is 23.3. The van der Waals surface area contributed by atoms with Crippen molar-refractivity contribution in [3.63, 3.8) is 0 Å². The number of piperidine rings is 1. The highest BCUT2D eigenvalue weighted by Crippen LogP contribution is 2.31. The molecule has 0 N–H and O–H groups in total. The lowest BCUT2D eigenvalue weighted by Crippen LogP contribution is -2.35. The molecule has 0 atom stereocenters. The van der Waals surface area contributed by atoms with Crippen LogP contribution in [0.25, 0.3) is 38.8 Å². The number of ether oxygens (including phenoxy) is 1. The molecule has 1 saturated heterocycles. The van der Waals surface area contributed by atoms with Gasteiger partial charge in [-0.15, -0.1) is 0 Å². The van der Waals surface area contributed by atoms with Gasteiger partial charge in [-0.05, 0) is 75.2 Å². The molecular formula is C32H32N6O2. The largest absolute Gasteiger partial charge is 0.474 e. The van der Waals surface area contributed by atoms with Gasteiger partial charge in [-0.1, -0.05) is 18.2 Å². The highest BCUT2D eigenvalue weighted by molar-refractivity contribution is 6.04. The average Bonchev–Trinajstić information content (AvgIpc) is 3.24. The summed E-state index contributed by atoms with van der Waals surface area (Å²) in [6, 6.07) is 20.0. The lowest BCUT2D eigenvalue weighted by Gasteiger charge is -2.28. The number of pyridine rings is 2. The topological polar surface area (TPSA) is 89.0 Å². The van der Waals surface area contributed by atoms with Crippen molar-refractivity contribution >= 4 is 21.9 Å². The molecule has 0 unspecified atom stereocenters. The third-order valence-corrected chi connectivity index (χ3v) is 8.03. The molecule has 8 nitrogen and oxygen atoms in total. The van der Waals surface area contributed by atoms with Gasteiger partial charge in [-0.2, -0.15) is 5.26 Å². The summed E-state index contributed by atoms with van der Waals surface area (Å²) in [5.41, 5.74) is 5.15. The minimum Gasteiger partial charge on any atom is -0.474 e. The Morgan fingerprint density at radius 2 is 1.68 bits per heavy atom. The van der Waals surface area contributed by atoms with Gasteiger partial charge >= 0.3 is 5.69 Å². The lowest BCUT2D eigenvalue weighted by atomic mass is 9.86. The molecule has 202 valence electrons. The average molecular weight is 533 g/mol. The van der Waals surface area contributed by atoms with Crippen molar-refractivity contribution in [3.8, 4) is 28.8 Å². The molecule has 0 spiro atoms. The monoisotopic (exact) mass is 532 g/mol. The minimum absolute atomic E-state index is 0.154.